The van der Waals surface area contributed by atoms with E-state index in [1.807, 2.05) is 0 Å². The maximum atomic E-state index is 12.1. The van der Waals surface area contributed by atoms with Crippen LogP contribution >= 0.6 is 0 Å². The first kappa shape index (κ1) is 13.2. The Hall–Kier alpha value is 0.606. The highest BCUT2D eigenvalue weighted by molar-refractivity contribution is 7.86. The molecule has 10 heavy (non-hydrogen) atoms. The van der Waals surface area contributed by atoms with Gasteiger partial charge < -0.3 is 0 Å². The van der Waals surface area contributed by atoms with Gasteiger partial charge in [-0.15, -0.1) is 0 Å². The highest BCUT2D eigenvalue weighted by Crippen LogP contribution is 2.06. The van der Waals surface area contributed by atoms with Gasteiger partial charge in [-0.2, -0.15) is 8.42 Å². The van der Waals surface area contributed by atoms with Gasteiger partial charge in [0, 0.05) is 0 Å². The van der Waals surface area contributed by atoms with E-state index in [1.54, 1.807) is 6.92 Å². The second-order valence-electron chi connectivity index (χ2n) is 1.71. The summed E-state index contributed by atoms with van der Waals surface area (Å²) in [5.74, 6) is 0. The van der Waals surface area contributed by atoms with Gasteiger partial charge in [-0.3, -0.25) is 4.55 Å². The van der Waals surface area contributed by atoms with Crippen LogP contribution in [0, 0.1) is 0 Å². The Morgan fingerprint density at radius 3 is 2.10 bits per heavy atom. The Morgan fingerprint density at radius 1 is 1.60 bits per heavy atom. The van der Waals surface area contributed by atoms with Gasteiger partial charge in [0.1, 0.15) is 0 Å². The Balaban J connectivity index is 0. The van der Waals surface area contributed by atoms with E-state index in [0.29, 0.717) is 6.42 Å². The minimum atomic E-state index is -4.43. The van der Waals surface area contributed by atoms with E-state index in [1.165, 1.54) is 0 Å². The topological polar surface area (TPSA) is 54.4 Å². The summed E-state index contributed by atoms with van der Waals surface area (Å²) in [6.07, 6.45) is 0.264. The molecule has 0 saturated heterocycles. The van der Waals surface area contributed by atoms with E-state index in [2.05, 4.69) is 0 Å². The van der Waals surface area contributed by atoms with Crippen molar-refractivity contribution in [2.45, 2.75) is 25.3 Å². The highest BCUT2D eigenvalue weighted by Gasteiger charge is 2.19. The van der Waals surface area contributed by atoms with Gasteiger partial charge in [0.2, 0.25) is 5.50 Å². The van der Waals surface area contributed by atoms with Gasteiger partial charge in [-0.25, -0.2) is 4.39 Å². The van der Waals surface area contributed by atoms with Gasteiger partial charge in [0.05, 0.1) is 0 Å². The molecule has 0 rings (SSSR count). The van der Waals surface area contributed by atoms with Gasteiger partial charge in [0.25, 0.3) is 10.1 Å². The first-order valence-corrected chi connectivity index (χ1v) is 4.09. The standard InChI is InChI=1S/C4H9FO3S.Mg.2H/c1-2-3-4(5)9(6,7)8;;;/h4H,2-3H2,1H3,(H,6,7,8);;;. The summed E-state index contributed by atoms with van der Waals surface area (Å²) < 4.78 is 39.9. The first-order valence-electron chi connectivity index (χ1n) is 2.59. The molecule has 0 fully saturated rings. The summed E-state index contributed by atoms with van der Waals surface area (Å²) in [6, 6.07) is 0. The predicted octanol–water partition coefficient (Wildman–Crippen LogP) is 0.0537. The highest BCUT2D eigenvalue weighted by atomic mass is 32.2. The van der Waals surface area contributed by atoms with Crippen LogP contribution < -0.4 is 0 Å². The van der Waals surface area contributed by atoms with Crippen LogP contribution in [0.3, 0.4) is 0 Å². The molecule has 1 N–H and O–H groups in total. The van der Waals surface area contributed by atoms with Gasteiger partial charge in [-0.1, -0.05) is 13.3 Å². The zero-order valence-electron chi connectivity index (χ0n) is 5.04. The van der Waals surface area contributed by atoms with Crippen molar-refractivity contribution < 1.29 is 17.4 Å². The number of hydrogen-bond donors (Lipinski definition) is 1. The maximum Gasteiger partial charge on any atom is 0.316 e. The van der Waals surface area contributed by atoms with Gasteiger partial charge in [-0.05, 0) is 6.42 Å². The fraction of sp³-hybridized carbons (Fsp3) is 1.00. The Labute approximate surface area is 75.9 Å². The van der Waals surface area contributed by atoms with E-state index >= 15 is 0 Å². The molecule has 0 aromatic heterocycles. The normalized spacial score (nSPS) is 13.9. The third kappa shape index (κ3) is 5.40. The molecular formula is C4H11FMgO3S. The third-order valence-corrected chi connectivity index (χ3v) is 1.72. The van der Waals surface area contributed by atoms with Crippen LogP contribution in [0.2, 0.25) is 0 Å². The van der Waals surface area contributed by atoms with Crippen molar-refractivity contribution in [2.24, 2.45) is 0 Å². The molecule has 0 aliphatic rings. The summed E-state index contributed by atoms with van der Waals surface area (Å²) in [5.41, 5.74) is -2.11. The van der Waals surface area contributed by atoms with E-state index in [4.69, 9.17) is 4.55 Å². The Morgan fingerprint density at radius 2 is 2.00 bits per heavy atom. The summed E-state index contributed by atoms with van der Waals surface area (Å²) in [6.45, 7) is 1.64. The van der Waals surface area contributed by atoms with Crippen LogP contribution in [-0.2, 0) is 10.1 Å². The first-order chi connectivity index (χ1) is 3.98. The van der Waals surface area contributed by atoms with E-state index in [-0.39, 0.29) is 29.5 Å². The van der Waals surface area contributed by atoms with Crippen molar-refractivity contribution in [1.82, 2.24) is 0 Å². The van der Waals surface area contributed by atoms with Crippen molar-refractivity contribution >= 4 is 33.2 Å². The molecule has 0 amide bonds. The molecule has 3 nitrogen and oxygen atoms in total. The average Bonchev–Trinajstić information content (AvgIpc) is 1.64. The molecule has 0 spiro atoms. The molecule has 6 heteroatoms. The molecule has 0 aliphatic carbocycles. The van der Waals surface area contributed by atoms with E-state index in [9.17, 15) is 12.8 Å². The molecule has 0 aliphatic heterocycles. The maximum absolute atomic E-state index is 12.1. The molecule has 0 aromatic carbocycles. The summed E-state index contributed by atoms with van der Waals surface area (Å²) >= 11 is 0. The number of alkyl halides is 1. The van der Waals surface area contributed by atoms with Gasteiger partial charge >= 0.3 is 23.1 Å². The number of halogens is 1. The van der Waals surface area contributed by atoms with Crippen LogP contribution in [0.1, 0.15) is 19.8 Å². The van der Waals surface area contributed by atoms with Crippen LogP contribution in [0.4, 0.5) is 4.39 Å². The molecular weight excluding hydrogens is 171 g/mol. The SMILES string of the molecule is CCCC(F)S(=O)(=O)O.[MgH2]. The van der Waals surface area contributed by atoms with E-state index in [0.717, 1.165) is 0 Å². The second-order valence-corrected chi connectivity index (χ2v) is 3.26. The Bertz CT molecular complexity index is 167. The zero-order valence-corrected chi connectivity index (χ0v) is 5.86. The molecule has 0 radical (unpaired) electrons. The smallest absolute Gasteiger partial charge is 0.283 e. The van der Waals surface area contributed by atoms with Crippen LogP contribution in [0.5, 0.6) is 0 Å². The lowest BCUT2D eigenvalue weighted by atomic mass is 10.4. The minimum absolute atomic E-state index is 0. The molecule has 0 heterocycles. The van der Waals surface area contributed by atoms with Crippen molar-refractivity contribution in [3.8, 4) is 0 Å². The lowest BCUT2D eigenvalue weighted by Gasteiger charge is -1.99. The van der Waals surface area contributed by atoms with Crippen molar-refractivity contribution in [3.05, 3.63) is 0 Å². The minimum Gasteiger partial charge on any atom is -0.283 e. The fourth-order valence-electron chi connectivity index (χ4n) is 0.376. The van der Waals surface area contributed by atoms with Crippen molar-refractivity contribution in [1.29, 1.82) is 0 Å². The molecule has 1 atom stereocenters. The van der Waals surface area contributed by atoms with Crippen LogP contribution in [0.15, 0.2) is 0 Å². The molecule has 60 valence electrons. The fourth-order valence-corrected chi connectivity index (χ4v) is 0.909. The van der Waals surface area contributed by atoms with E-state index < -0.39 is 15.6 Å². The van der Waals surface area contributed by atoms with Crippen molar-refractivity contribution in [2.75, 3.05) is 0 Å². The summed E-state index contributed by atoms with van der Waals surface area (Å²) in [4.78, 5) is 0. The monoisotopic (exact) mass is 182 g/mol. The quantitative estimate of drug-likeness (QED) is 0.496. The Kier molecular flexibility index (Phi) is 6.98. The molecule has 1 unspecified atom stereocenters. The predicted molar refractivity (Wildman–Crippen MR) is 39.9 cm³/mol. The van der Waals surface area contributed by atoms with Crippen LogP contribution in [0.25, 0.3) is 0 Å². The summed E-state index contributed by atoms with van der Waals surface area (Å²) in [5, 5.41) is 0. The second kappa shape index (κ2) is 5.28. The average molecular weight is 182 g/mol. The largest absolute Gasteiger partial charge is 0.316 e. The number of rotatable bonds is 3. The van der Waals surface area contributed by atoms with Gasteiger partial charge in [0.15, 0.2) is 0 Å². The molecule has 0 aromatic rings. The zero-order chi connectivity index (χ0) is 7.49. The number of hydrogen-bond acceptors (Lipinski definition) is 2. The van der Waals surface area contributed by atoms with Crippen LogP contribution in [-0.4, -0.2) is 41.5 Å². The summed E-state index contributed by atoms with van der Waals surface area (Å²) in [7, 11) is -4.43. The lowest BCUT2D eigenvalue weighted by Crippen LogP contribution is -2.13. The molecule has 0 bridgehead atoms. The lowest BCUT2D eigenvalue weighted by molar-refractivity contribution is 0.357. The van der Waals surface area contributed by atoms with Crippen molar-refractivity contribution in [3.63, 3.8) is 0 Å². The molecule has 0 saturated carbocycles. The third-order valence-electron chi connectivity index (χ3n) is 0.839.